The van der Waals surface area contributed by atoms with Crippen molar-refractivity contribution in [2.75, 3.05) is 0 Å². The van der Waals surface area contributed by atoms with Crippen LogP contribution in [0, 0.1) is 0 Å². The van der Waals surface area contributed by atoms with Crippen molar-refractivity contribution in [3.05, 3.63) is 23.3 Å². The molecule has 0 fully saturated rings. The SMILES string of the molecule is CC1=CCC(C)=CC1.[HH]. The van der Waals surface area contributed by atoms with Crippen LogP contribution in [0.1, 0.15) is 28.1 Å². The maximum atomic E-state index is 2.30. The molecule has 0 saturated carbocycles. The van der Waals surface area contributed by atoms with Gasteiger partial charge in [-0.15, -0.1) is 0 Å². The van der Waals surface area contributed by atoms with Crippen LogP contribution in [0.5, 0.6) is 0 Å². The average Bonchev–Trinajstić information content (AvgIpc) is 1.77. The van der Waals surface area contributed by atoms with E-state index in [1.54, 1.807) is 0 Å². The Morgan fingerprint density at radius 3 is 1.75 bits per heavy atom. The molecular formula is C8H14. The van der Waals surface area contributed by atoms with E-state index in [1.807, 2.05) is 0 Å². The number of hydrogen-bond acceptors (Lipinski definition) is 0. The zero-order valence-electron chi connectivity index (χ0n) is 5.57. The molecule has 0 aliphatic heterocycles. The predicted octanol–water partition coefficient (Wildman–Crippen LogP) is 2.92. The molecule has 0 saturated heterocycles. The third-order valence-corrected chi connectivity index (χ3v) is 1.54. The summed E-state index contributed by atoms with van der Waals surface area (Å²) in [5.74, 6) is 0. The van der Waals surface area contributed by atoms with E-state index in [2.05, 4.69) is 26.0 Å². The van der Waals surface area contributed by atoms with Gasteiger partial charge in [-0.25, -0.2) is 0 Å². The topological polar surface area (TPSA) is 0 Å². The van der Waals surface area contributed by atoms with Crippen molar-refractivity contribution in [2.24, 2.45) is 0 Å². The Labute approximate surface area is 52.4 Å². The van der Waals surface area contributed by atoms with E-state index in [-0.39, 0.29) is 1.43 Å². The van der Waals surface area contributed by atoms with Crippen molar-refractivity contribution in [2.45, 2.75) is 26.7 Å². The predicted molar refractivity (Wildman–Crippen MR) is 38.9 cm³/mol. The van der Waals surface area contributed by atoms with E-state index in [0.29, 0.717) is 0 Å². The molecule has 0 amide bonds. The Balaban J connectivity index is 0.000000640. The molecule has 46 valence electrons. The van der Waals surface area contributed by atoms with Crippen LogP contribution >= 0.6 is 0 Å². The van der Waals surface area contributed by atoms with Gasteiger partial charge in [0.2, 0.25) is 0 Å². The van der Waals surface area contributed by atoms with E-state index in [0.717, 1.165) is 0 Å². The van der Waals surface area contributed by atoms with Gasteiger partial charge in [-0.05, 0) is 26.7 Å². The summed E-state index contributed by atoms with van der Waals surface area (Å²) < 4.78 is 0. The highest BCUT2D eigenvalue weighted by molar-refractivity contribution is 5.18. The van der Waals surface area contributed by atoms with Crippen LogP contribution in [0.15, 0.2) is 23.3 Å². The molecule has 0 aromatic rings. The summed E-state index contributed by atoms with van der Waals surface area (Å²) in [5.41, 5.74) is 3.02. The maximum absolute atomic E-state index is 2.30. The van der Waals surface area contributed by atoms with Crippen LogP contribution in [0.3, 0.4) is 0 Å². The summed E-state index contributed by atoms with van der Waals surface area (Å²) in [6.07, 6.45) is 6.95. The lowest BCUT2D eigenvalue weighted by Gasteiger charge is -2.04. The Hall–Kier alpha value is -0.520. The molecule has 0 radical (unpaired) electrons. The van der Waals surface area contributed by atoms with Gasteiger partial charge in [-0.1, -0.05) is 23.3 Å². The minimum absolute atomic E-state index is 0. The molecule has 0 heteroatoms. The Kier molecular flexibility index (Phi) is 1.52. The fourth-order valence-electron chi connectivity index (χ4n) is 0.837. The highest BCUT2D eigenvalue weighted by Crippen LogP contribution is 2.14. The molecule has 0 heterocycles. The van der Waals surface area contributed by atoms with Crippen LogP contribution in [0.25, 0.3) is 0 Å². The molecule has 8 heavy (non-hydrogen) atoms. The smallest absolute Gasteiger partial charge is 0 e. The highest BCUT2D eigenvalue weighted by atomic mass is 14.0. The second-order valence-corrected chi connectivity index (χ2v) is 2.51. The first-order chi connectivity index (χ1) is 3.79. The molecule has 0 spiro atoms. The zero-order valence-corrected chi connectivity index (χ0v) is 5.57. The number of rotatable bonds is 0. The molecule has 0 aromatic carbocycles. The Morgan fingerprint density at radius 1 is 1.12 bits per heavy atom. The highest BCUT2D eigenvalue weighted by Gasteiger charge is 1.94. The molecule has 0 N–H and O–H groups in total. The molecule has 0 atom stereocenters. The van der Waals surface area contributed by atoms with Gasteiger partial charge in [0, 0.05) is 1.43 Å². The molecule has 1 aliphatic rings. The Bertz CT molecular complexity index is 125. The molecular weight excluding hydrogens is 96.1 g/mol. The molecule has 1 aliphatic carbocycles. The second-order valence-electron chi connectivity index (χ2n) is 2.51. The van der Waals surface area contributed by atoms with Crippen molar-refractivity contribution in [1.29, 1.82) is 0 Å². The summed E-state index contributed by atoms with van der Waals surface area (Å²) >= 11 is 0. The minimum Gasteiger partial charge on any atom is -0.0812 e. The van der Waals surface area contributed by atoms with E-state index in [4.69, 9.17) is 0 Å². The molecule has 0 nitrogen and oxygen atoms in total. The standard InChI is InChI=1S/C8H12.H2/c1-7-3-5-8(2)6-4-7;/h3,6H,4-5H2,1-2H3;1H. The van der Waals surface area contributed by atoms with Gasteiger partial charge in [0.05, 0.1) is 0 Å². The summed E-state index contributed by atoms with van der Waals surface area (Å²) in [6.45, 7) is 4.37. The van der Waals surface area contributed by atoms with Crippen LogP contribution in [0.2, 0.25) is 0 Å². The van der Waals surface area contributed by atoms with Gasteiger partial charge in [0.25, 0.3) is 0 Å². The van der Waals surface area contributed by atoms with Crippen molar-refractivity contribution in [3.8, 4) is 0 Å². The van der Waals surface area contributed by atoms with Gasteiger partial charge in [-0.3, -0.25) is 0 Å². The first-order valence-electron chi connectivity index (χ1n) is 3.10. The van der Waals surface area contributed by atoms with Crippen molar-refractivity contribution >= 4 is 0 Å². The van der Waals surface area contributed by atoms with Crippen LogP contribution in [-0.2, 0) is 0 Å². The monoisotopic (exact) mass is 110 g/mol. The largest absolute Gasteiger partial charge is 0.0812 e. The summed E-state index contributed by atoms with van der Waals surface area (Å²) in [5, 5.41) is 0. The first-order valence-corrected chi connectivity index (χ1v) is 3.10. The second kappa shape index (κ2) is 2.17. The lowest BCUT2D eigenvalue weighted by Crippen LogP contribution is -1.84. The van der Waals surface area contributed by atoms with Gasteiger partial charge in [0.1, 0.15) is 0 Å². The number of hydrogen-bond donors (Lipinski definition) is 0. The van der Waals surface area contributed by atoms with Crippen LogP contribution in [-0.4, -0.2) is 0 Å². The molecule has 0 aromatic heterocycles. The average molecular weight is 110 g/mol. The zero-order chi connectivity index (χ0) is 5.98. The fourth-order valence-corrected chi connectivity index (χ4v) is 0.837. The third kappa shape index (κ3) is 1.22. The van der Waals surface area contributed by atoms with E-state index < -0.39 is 0 Å². The van der Waals surface area contributed by atoms with E-state index >= 15 is 0 Å². The van der Waals surface area contributed by atoms with Gasteiger partial charge in [-0.2, -0.15) is 0 Å². The minimum atomic E-state index is 0. The van der Waals surface area contributed by atoms with Crippen LogP contribution < -0.4 is 0 Å². The van der Waals surface area contributed by atoms with Gasteiger partial charge in [0.15, 0.2) is 0 Å². The van der Waals surface area contributed by atoms with E-state index in [1.165, 1.54) is 24.0 Å². The van der Waals surface area contributed by atoms with Crippen molar-refractivity contribution in [3.63, 3.8) is 0 Å². The van der Waals surface area contributed by atoms with E-state index in [9.17, 15) is 0 Å². The lowest BCUT2D eigenvalue weighted by atomic mass is 10.0. The summed E-state index contributed by atoms with van der Waals surface area (Å²) in [4.78, 5) is 0. The Morgan fingerprint density at radius 2 is 1.50 bits per heavy atom. The van der Waals surface area contributed by atoms with Crippen molar-refractivity contribution in [1.82, 2.24) is 0 Å². The lowest BCUT2D eigenvalue weighted by molar-refractivity contribution is 1.05. The maximum Gasteiger partial charge on any atom is 0 e. The normalized spacial score (nSPS) is 19.8. The van der Waals surface area contributed by atoms with Gasteiger partial charge >= 0.3 is 0 Å². The van der Waals surface area contributed by atoms with Crippen molar-refractivity contribution < 1.29 is 1.43 Å². The molecule has 1 rings (SSSR count). The summed E-state index contributed by atoms with van der Waals surface area (Å²) in [7, 11) is 0. The van der Waals surface area contributed by atoms with Crippen LogP contribution in [0.4, 0.5) is 0 Å². The summed E-state index contributed by atoms with van der Waals surface area (Å²) in [6, 6.07) is 0. The van der Waals surface area contributed by atoms with Gasteiger partial charge < -0.3 is 0 Å². The molecule has 0 bridgehead atoms. The third-order valence-electron chi connectivity index (χ3n) is 1.54. The fraction of sp³-hybridized carbons (Fsp3) is 0.500. The molecule has 0 unspecified atom stereocenters. The quantitative estimate of drug-likeness (QED) is 0.420. The first kappa shape index (κ1) is 5.61. The number of allylic oxidation sites excluding steroid dienone is 4.